The summed E-state index contributed by atoms with van der Waals surface area (Å²) < 4.78 is 5.96. The maximum atomic E-state index is 12.6. The molecule has 0 aromatic carbocycles. The number of hydrogen-bond donors (Lipinski definition) is 3. The molecule has 40 heavy (non-hydrogen) atoms. The van der Waals surface area contributed by atoms with E-state index in [0.717, 1.165) is 76.6 Å². The number of unbranched alkanes of at least 4 members (excludes halogenated alkanes) is 17. The first-order chi connectivity index (χ1) is 19.6. The lowest BCUT2D eigenvalue weighted by Crippen LogP contribution is -2.41. The van der Waals surface area contributed by atoms with E-state index in [4.69, 9.17) is 4.74 Å². The maximum Gasteiger partial charge on any atom is 0.306 e. The molecule has 240 valence electrons. The van der Waals surface area contributed by atoms with E-state index in [0.29, 0.717) is 6.42 Å². The fourth-order valence-corrected chi connectivity index (χ4v) is 5.70. The molecule has 0 radical (unpaired) electrons. The van der Waals surface area contributed by atoms with Crippen LogP contribution in [0.5, 0.6) is 0 Å². The lowest BCUT2D eigenvalue weighted by molar-refractivity contribution is -0.150. The van der Waals surface area contributed by atoms with Crippen molar-refractivity contribution in [2.24, 2.45) is 0 Å². The van der Waals surface area contributed by atoms with Crippen LogP contribution in [-0.2, 0) is 9.53 Å². The summed E-state index contributed by atoms with van der Waals surface area (Å²) in [6, 6.07) is -0.141. The molecule has 0 bridgehead atoms. The Morgan fingerprint density at radius 3 is 1.52 bits per heavy atom. The number of esters is 1. The summed E-state index contributed by atoms with van der Waals surface area (Å²) in [5.74, 6) is 0.949. The predicted octanol–water partition coefficient (Wildman–Crippen LogP) is 8.89. The molecule has 1 atom stereocenters. The summed E-state index contributed by atoms with van der Waals surface area (Å²) in [6.07, 6.45) is 27.9. The second kappa shape index (κ2) is 31.6. The number of ether oxygens (including phenoxy) is 1. The van der Waals surface area contributed by atoms with Crippen molar-refractivity contribution < 1.29 is 19.7 Å². The zero-order valence-corrected chi connectivity index (χ0v) is 27.7. The van der Waals surface area contributed by atoms with Gasteiger partial charge in [-0.2, -0.15) is 12.6 Å². The Bertz CT molecular complexity index is 518. The van der Waals surface area contributed by atoms with Crippen molar-refractivity contribution in [1.29, 1.82) is 0 Å². The Balaban J connectivity index is 4.19. The normalized spacial score (nSPS) is 12.5. The highest BCUT2D eigenvalue weighted by Gasteiger charge is 2.16. The molecule has 0 aliphatic heterocycles. The van der Waals surface area contributed by atoms with Crippen LogP contribution >= 0.6 is 12.6 Å². The summed E-state index contributed by atoms with van der Waals surface area (Å²) >= 11 is 4.31. The van der Waals surface area contributed by atoms with Crippen LogP contribution in [0.4, 0.5) is 0 Å². The Morgan fingerprint density at radius 1 is 0.625 bits per heavy atom. The van der Waals surface area contributed by atoms with Crippen molar-refractivity contribution in [2.75, 3.05) is 32.1 Å². The summed E-state index contributed by atoms with van der Waals surface area (Å²) in [5.41, 5.74) is 0. The third kappa shape index (κ3) is 25.4. The average Bonchev–Trinajstić information content (AvgIpc) is 2.95. The molecule has 1 unspecified atom stereocenters. The first-order valence-corrected chi connectivity index (χ1v) is 18.0. The van der Waals surface area contributed by atoms with Gasteiger partial charge in [0.15, 0.2) is 0 Å². The van der Waals surface area contributed by atoms with E-state index in [1.165, 1.54) is 89.9 Å². The number of carbonyl (C=O) groups is 1. The highest BCUT2D eigenvalue weighted by atomic mass is 32.1. The van der Waals surface area contributed by atoms with Crippen molar-refractivity contribution in [3.05, 3.63) is 0 Å². The molecule has 0 fully saturated rings. The average molecular weight is 588 g/mol. The highest BCUT2D eigenvalue weighted by molar-refractivity contribution is 7.80. The predicted molar refractivity (Wildman–Crippen MR) is 175 cm³/mol. The Labute approximate surface area is 255 Å². The van der Waals surface area contributed by atoms with Crippen LogP contribution < -0.4 is 0 Å². The second-order valence-corrected chi connectivity index (χ2v) is 12.4. The zero-order valence-electron chi connectivity index (χ0n) is 26.8. The third-order valence-electron chi connectivity index (χ3n) is 8.17. The number of thiol groups is 1. The number of rotatable bonds is 32. The minimum Gasteiger partial charge on any atom is -0.462 e. The standard InChI is InChI=1S/C34H69NO4S/c1-3-5-7-9-12-18-24-33(25-19-14-17-23-29-40)39-34(38)26-20-13-11-16-22-28-35(32(30-36)31-37)27-21-15-10-8-6-4-2/h32-33,36-37,40H,3-31H2,1-2H3. The van der Waals surface area contributed by atoms with E-state index >= 15 is 0 Å². The van der Waals surface area contributed by atoms with Crippen molar-refractivity contribution in [3.63, 3.8) is 0 Å². The van der Waals surface area contributed by atoms with Gasteiger partial charge in [0.05, 0.1) is 19.3 Å². The Morgan fingerprint density at radius 2 is 1.05 bits per heavy atom. The van der Waals surface area contributed by atoms with Gasteiger partial charge in [-0.15, -0.1) is 0 Å². The molecule has 0 aromatic heterocycles. The third-order valence-corrected chi connectivity index (χ3v) is 8.49. The molecule has 0 saturated heterocycles. The molecule has 0 rings (SSSR count). The minimum absolute atomic E-state index is 0.00909. The quantitative estimate of drug-likeness (QED) is 0.0416. The lowest BCUT2D eigenvalue weighted by atomic mass is 10.0. The van der Waals surface area contributed by atoms with Gasteiger partial charge in [-0.25, -0.2) is 0 Å². The van der Waals surface area contributed by atoms with Crippen molar-refractivity contribution in [2.45, 2.75) is 180 Å². The summed E-state index contributed by atoms with van der Waals surface area (Å²) in [5, 5.41) is 19.4. The summed E-state index contributed by atoms with van der Waals surface area (Å²) in [7, 11) is 0. The summed E-state index contributed by atoms with van der Waals surface area (Å²) in [4.78, 5) is 14.9. The molecular weight excluding hydrogens is 518 g/mol. The smallest absolute Gasteiger partial charge is 0.306 e. The van der Waals surface area contributed by atoms with E-state index in [1.54, 1.807) is 0 Å². The fourth-order valence-electron chi connectivity index (χ4n) is 5.47. The number of nitrogens with zero attached hydrogens (tertiary/aromatic N) is 1. The van der Waals surface area contributed by atoms with Crippen molar-refractivity contribution in [3.8, 4) is 0 Å². The van der Waals surface area contributed by atoms with Gasteiger partial charge >= 0.3 is 5.97 Å². The topological polar surface area (TPSA) is 70.0 Å². The monoisotopic (exact) mass is 587 g/mol. The number of aliphatic hydroxyl groups is 2. The molecule has 5 nitrogen and oxygen atoms in total. The second-order valence-electron chi connectivity index (χ2n) is 11.9. The minimum atomic E-state index is -0.141. The molecule has 0 aromatic rings. The van der Waals surface area contributed by atoms with E-state index in [-0.39, 0.29) is 31.3 Å². The van der Waals surface area contributed by atoms with Crippen LogP contribution in [0.1, 0.15) is 168 Å². The van der Waals surface area contributed by atoms with Gasteiger partial charge in [0.1, 0.15) is 6.10 Å². The molecule has 2 N–H and O–H groups in total. The largest absolute Gasteiger partial charge is 0.462 e. The van der Waals surface area contributed by atoms with Gasteiger partial charge in [-0.3, -0.25) is 9.69 Å². The van der Waals surface area contributed by atoms with E-state index < -0.39 is 0 Å². The van der Waals surface area contributed by atoms with Crippen LogP contribution in [0, 0.1) is 0 Å². The maximum absolute atomic E-state index is 12.6. The van der Waals surface area contributed by atoms with E-state index in [9.17, 15) is 15.0 Å². The lowest BCUT2D eigenvalue weighted by Gasteiger charge is -2.29. The van der Waals surface area contributed by atoms with Gasteiger partial charge in [-0.05, 0) is 70.2 Å². The van der Waals surface area contributed by atoms with E-state index in [1.807, 2.05) is 0 Å². The van der Waals surface area contributed by atoms with Gasteiger partial charge in [-0.1, -0.05) is 110 Å². The number of aliphatic hydroxyl groups excluding tert-OH is 2. The highest BCUT2D eigenvalue weighted by Crippen LogP contribution is 2.18. The van der Waals surface area contributed by atoms with Crippen molar-refractivity contribution >= 4 is 18.6 Å². The Hall–Kier alpha value is -0.300. The van der Waals surface area contributed by atoms with Crippen LogP contribution in [0.15, 0.2) is 0 Å². The first kappa shape index (κ1) is 39.7. The molecule has 0 aliphatic carbocycles. The zero-order chi connectivity index (χ0) is 29.5. The van der Waals surface area contributed by atoms with Gasteiger partial charge < -0.3 is 14.9 Å². The molecule has 0 amide bonds. The molecule has 0 heterocycles. The Kier molecular flexibility index (Phi) is 31.4. The molecule has 0 spiro atoms. The van der Waals surface area contributed by atoms with E-state index in [2.05, 4.69) is 31.4 Å². The molecule has 0 aliphatic rings. The van der Waals surface area contributed by atoms with Crippen LogP contribution in [0.2, 0.25) is 0 Å². The van der Waals surface area contributed by atoms with Gasteiger partial charge in [0, 0.05) is 6.42 Å². The molecule has 6 heteroatoms. The number of carbonyl (C=O) groups excluding carboxylic acids is 1. The molecule has 0 saturated carbocycles. The van der Waals surface area contributed by atoms with Crippen LogP contribution in [0.3, 0.4) is 0 Å². The molecular formula is C34H69NO4S. The SMILES string of the molecule is CCCCCCCCC(CCCCCCS)OC(=O)CCCCCCCN(CCCCCCCC)C(CO)CO. The van der Waals surface area contributed by atoms with Crippen molar-refractivity contribution in [1.82, 2.24) is 4.90 Å². The van der Waals surface area contributed by atoms with Gasteiger partial charge in [0.2, 0.25) is 0 Å². The fraction of sp³-hybridized carbons (Fsp3) is 0.971. The first-order valence-electron chi connectivity index (χ1n) is 17.4. The van der Waals surface area contributed by atoms with Gasteiger partial charge in [0.25, 0.3) is 0 Å². The number of hydrogen-bond acceptors (Lipinski definition) is 6. The summed E-state index contributed by atoms with van der Waals surface area (Å²) in [6.45, 7) is 6.41. The van der Waals surface area contributed by atoms with Crippen LogP contribution in [0.25, 0.3) is 0 Å². The van der Waals surface area contributed by atoms with Crippen LogP contribution in [-0.4, -0.2) is 65.3 Å².